The average Bonchev–Trinajstić information content (AvgIpc) is 2.74. The van der Waals surface area contributed by atoms with Gasteiger partial charge in [-0.1, -0.05) is 32.1 Å². The number of esters is 1. The molecule has 4 rings (SSSR count). The molecule has 3 saturated heterocycles. The number of likely N-dealkylation sites (tertiary alicyclic amines) is 1. The summed E-state index contributed by atoms with van der Waals surface area (Å²) in [4.78, 5) is 30.2. The molecule has 0 aromatic rings. The zero-order valence-corrected chi connectivity index (χ0v) is 17.9. The molecule has 0 aromatic heterocycles. The molecule has 164 valence electrons. The summed E-state index contributed by atoms with van der Waals surface area (Å²) >= 11 is 0. The van der Waals surface area contributed by atoms with Crippen LogP contribution in [0.25, 0.3) is 0 Å². The largest absolute Gasteiger partial charge is 0.466 e. The number of ether oxygens (including phenoxy) is 1. The van der Waals surface area contributed by atoms with Gasteiger partial charge in [-0.25, -0.2) is 0 Å². The standard InChI is InChI=1S/C22H38N4O3/c1-2-29-22(28)16-14-17-20(24-18-10-6-7-12-25(18)21(17)27)26(19(16)23)13-11-15-8-4-3-5-9-15/h15-20,24H,2-14,23H2,1H3. The molecule has 1 saturated carbocycles. The van der Waals surface area contributed by atoms with Gasteiger partial charge in [-0.3, -0.25) is 19.8 Å². The summed E-state index contributed by atoms with van der Waals surface area (Å²) in [6.07, 6.45) is 11.0. The van der Waals surface area contributed by atoms with E-state index >= 15 is 0 Å². The lowest BCUT2D eigenvalue weighted by Gasteiger charge is -2.55. The molecule has 5 atom stereocenters. The van der Waals surface area contributed by atoms with E-state index in [1.807, 2.05) is 11.8 Å². The van der Waals surface area contributed by atoms with Gasteiger partial charge in [0.05, 0.1) is 36.9 Å². The van der Waals surface area contributed by atoms with E-state index in [4.69, 9.17) is 10.5 Å². The zero-order valence-electron chi connectivity index (χ0n) is 17.9. The second kappa shape index (κ2) is 9.31. The minimum absolute atomic E-state index is 0.0638. The van der Waals surface area contributed by atoms with Crippen molar-refractivity contribution in [2.24, 2.45) is 23.5 Å². The maximum atomic E-state index is 13.3. The SMILES string of the molecule is CCOC(=O)C1CC2C(=O)N3CCCCC3NC2N(CCC2CCCCC2)C1N. The highest BCUT2D eigenvalue weighted by molar-refractivity contribution is 5.82. The van der Waals surface area contributed by atoms with Gasteiger partial charge in [0.25, 0.3) is 0 Å². The smallest absolute Gasteiger partial charge is 0.311 e. The third-order valence-electron chi connectivity index (χ3n) is 7.62. The molecule has 0 aromatic carbocycles. The first-order valence-electron chi connectivity index (χ1n) is 11.8. The summed E-state index contributed by atoms with van der Waals surface area (Å²) in [5.41, 5.74) is 6.65. The molecule has 0 radical (unpaired) electrons. The van der Waals surface area contributed by atoms with Crippen molar-refractivity contribution in [3.05, 3.63) is 0 Å². The van der Waals surface area contributed by atoms with E-state index in [-0.39, 0.29) is 30.1 Å². The molecule has 4 fully saturated rings. The van der Waals surface area contributed by atoms with Gasteiger partial charge in [0.1, 0.15) is 0 Å². The lowest BCUT2D eigenvalue weighted by Crippen LogP contribution is -2.74. The molecule has 3 N–H and O–H groups in total. The molecule has 7 heteroatoms. The molecule has 5 unspecified atom stereocenters. The van der Waals surface area contributed by atoms with Crippen LogP contribution in [0.2, 0.25) is 0 Å². The Hall–Kier alpha value is -1.18. The Morgan fingerprint density at radius 2 is 1.93 bits per heavy atom. The Morgan fingerprint density at radius 3 is 2.69 bits per heavy atom. The summed E-state index contributed by atoms with van der Waals surface area (Å²) in [7, 11) is 0. The zero-order chi connectivity index (χ0) is 20.4. The predicted octanol–water partition coefficient (Wildman–Crippen LogP) is 2.01. The van der Waals surface area contributed by atoms with Crippen LogP contribution in [0.15, 0.2) is 0 Å². The fourth-order valence-electron chi connectivity index (χ4n) is 6.00. The summed E-state index contributed by atoms with van der Waals surface area (Å²) < 4.78 is 5.33. The van der Waals surface area contributed by atoms with Crippen molar-refractivity contribution in [2.75, 3.05) is 19.7 Å². The van der Waals surface area contributed by atoms with E-state index in [0.717, 1.165) is 44.7 Å². The predicted molar refractivity (Wildman–Crippen MR) is 110 cm³/mol. The van der Waals surface area contributed by atoms with E-state index < -0.39 is 12.1 Å². The topological polar surface area (TPSA) is 87.9 Å². The molecule has 1 aliphatic carbocycles. The highest BCUT2D eigenvalue weighted by Crippen LogP contribution is 2.37. The van der Waals surface area contributed by atoms with Crippen molar-refractivity contribution < 1.29 is 14.3 Å². The summed E-state index contributed by atoms with van der Waals surface area (Å²) in [6.45, 7) is 3.83. The van der Waals surface area contributed by atoms with Crippen LogP contribution in [0.5, 0.6) is 0 Å². The summed E-state index contributed by atoms with van der Waals surface area (Å²) in [6, 6.07) is 0. The molecule has 3 heterocycles. The molecule has 7 nitrogen and oxygen atoms in total. The van der Waals surface area contributed by atoms with Crippen LogP contribution >= 0.6 is 0 Å². The number of piperidine rings is 2. The fraction of sp³-hybridized carbons (Fsp3) is 0.909. The summed E-state index contributed by atoms with van der Waals surface area (Å²) in [5, 5.41) is 3.75. The second-order valence-corrected chi connectivity index (χ2v) is 9.38. The lowest BCUT2D eigenvalue weighted by molar-refractivity contribution is -0.169. The fourth-order valence-corrected chi connectivity index (χ4v) is 6.00. The van der Waals surface area contributed by atoms with Gasteiger partial charge in [0, 0.05) is 13.1 Å². The van der Waals surface area contributed by atoms with E-state index in [1.54, 1.807) is 0 Å². The van der Waals surface area contributed by atoms with Gasteiger partial charge in [0.15, 0.2) is 0 Å². The van der Waals surface area contributed by atoms with Crippen LogP contribution in [-0.4, -0.2) is 59.9 Å². The first kappa shape index (κ1) is 21.1. The van der Waals surface area contributed by atoms with Crippen molar-refractivity contribution in [1.29, 1.82) is 0 Å². The number of carbonyl (C=O) groups excluding carboxylic acids is 2. The molecular weight excluding hydrogens is 368 g/mol. The maximum absolute atomic E-state index is 13.3. The Bertz CT molecular complexity index is 595. The normalized spacial score (nSPS) is 36.4. The second-order valence-electron chi connectivity index (χ2n) is 9.38. The number of nitrogens with zero attached hydrogens (tertiary/aromatic N) is 2. The molecule has 0 bridgehead atoms. The molecule has 1 amide bonds. The van der Waals surface area contributed by atoms with E-state index in [1.165, 1.54) is 32.1 Å². The van der Waals surface area contributed by atoms with E-state index in [2.05, 4.69) is 10.2 Å². The number of carbonyl (C=O) groups is 2. The summed E-state index contributed by atoms with van der Waals surface area (Å²) in [5.74, 6) is 0.0272. The number of fused-ring (bicyclic) bond motifs is 2. The number of rotatable bonds is 5. The lowest BCUT2D eigenvalue weighted by atomic mass is 9.80. The first-order chi connectivity index (χ1) is 14.1. The molecule has 4 aliphatic rings. The van der Waals surface area contributed by atoms with Crippen LogP contribution in [-0.2, 0) is 14.3 Å². The minimum Gasteiger partial charge on any atom is -0.466 e. The molecule has 3 aliphatic heterocycles. The Balaban J connectivity index is 1.53. The number of hydrogen-bond donors (Lipinski definition) is 2. The van der Waals surface area contributed by atoms with Crippen LogP contribution in [0.4, 0.5) is 0 Å². The van der Waals surface area contributed by atoms with Crippen LogP contribution in [0.1, 0.15) is 71.1 Å². The van der Waals surface area contributed by atoms with Gasteiger partial charge >= 0.3 is 5.97 Å². The third kappa shape index (κ3) is 4.32. The van der Waals surface area contributed by atoms with Gasteiger partial charge in [-0.2, -0.15) is 0 Å². The quantitative estimate of drug-likeness (QED) is 0.679. The third-order valence-corrected chi connectivity index (χ3v) is 7.62. The van der Waals surface area contributed by atoms with Crippen molar-refractivity contribution in [2.45, 2.75) is 89.6 Å². The number of amides is 1. The van der Waals surface area contributed by atoms with Crippen molar-refractivity contribution >= 4 is 11.9 Å². The van der Waals surface area contributed by atoms with Gasteiger partial charge in [-0.05, 0) is 44.9 Å². The average molecular weight is 407 g/mol. The van der Waals surface area contributed by atoms with Crippen LogP contribution in [0.3, 0.4) is 0 Å². The van der Waals surface area contributed by atoms with E-state index in [9.17, 15) is 9.59 Å². The maximum Gasteiger partial charge on any atom is 0.311 e. The Morgan fingerprint density at radius 1 is 1.17 bits per heavy atom. The monoisotopic (exact) mass is 406 g/mol. The number of nitrogens with one attached hydrogen (secondary N) is 1. The van der Waals surface area contributed by atoms with Gasteiger partial charge < -0.3 is 15.4 Å². The van der Waals surface area contributed by atoms with Gasteiger partial charge in [-0.15, -0.1) is 0 Å². The number of nitrogens with two attached hydrogens (primary N) is 1. The highest BCUT2D eigenvalue weighted by atomic mass is 16.5. The minimum atomic E-state index is -0.436. The van der Waals surface area contributed by atoms with Crippen molar-refractivity contribution in [3.8, 4) is 0 Å². The number of hydrogen-bond acceptors (Lipinski definition) is 6. The highest BCUT2D eigenvalue weighted by Gasteiger charge is 2.52. The van der Waals surface area contributed by atoms with Crippen LogP contribution < -0.4 is 11.1 Å². The molecular formula is C22H38N4O3. The van der Waals surface area contributed by atoms with Crippen molar-refractivity contribution in [3.63, 3.8) is 0 Å². The Labute approximate surface area is 174 Å². The molecule has 0 spiro atoms. The molecule has 29 heavy (non-hydrogen) atoms. The van der Waals surface area contributed by atoms with Crippen LogP contribution in [0, 0.1) is 17.8 Å². The van der Waals surface area contributed by atoms with Gasteiger partial charge in [0.2, 0.25) is 5.91 Å². The Kier molecular flexibility index (Phi) is 6.76. The van der Waals surface area contributed by atoms with E-state index in [0.29, 0.717) is 13.0 Å². The first-order valence-corrected chi connectivity index (χ1v) is 11.8. The van der Waals surface area contributed by atoms with Crippen molar-refractivity contribution in [1.82, 2.24) is 15.1 Å².